The zero-order valence-corrected chi connectivity index (χ0v) is 20.5. The van der Waals surface area contributed by atoms with E-state index in [4.69, 9.17) is 26.2 Å². The summed E-state index contributed by atoms with van der Waals surface area (Å²) in [6.45, 7) is -2.08. The lowest BCUT2D eigenvalue weighted by Crippen LogP contribution is -2.56. The number of nitrogens with one attached hydrogen (secondary N) is 6. The number of rotatable bonds is 9. The normalized spacial score (nSPS) is 18.7. The van der Waals surface area contributed by atoms with Crippen LogP contribution in [0.15, 0.2) is 24.3 Å². The molecule has 0 aromatic heterocycles. The second kappa shape index (κ2) is 14.1. The monoisotopic (exact) mass is 569 g/mol. The number of aromatic hydroxyl groups is 1. The quantitative estimate of drug-likeness (QED) is 0.0991. The predicted molar refractivity (Wildman–Crippen MR) is 128 cm³/mol. The number of aliphatic carboxylic acids is 1. The van der Waals surface area contributed by atoms with Crippen LogP contribution in [0.1, 0.15) is 5.56 Å². The fraction of sp³-hybridized carbons (Fsp3) is 0.350. The van der Waals surface area contributed by atoms with Gasteiger partial charge in [-0.25, -0.2) is 19.2 Å². The highest BCUT2D eigenvalue weighted by Crippen LogP contribution is 2.10. The van der Waals surface area contributed by atoms with Crippen LogP contribution in [-0.2, 0) is 20.8 Å². The molecule has 218 valence electrons. The number of hydrogen-bond donors (Lipinski definition) is 11. The maximum Gasteiger partial charge on any atom is 0.328 e. The molecule has 2 saturated heterocycles. The summed E-state index contributed by atoms with van der Waals surface area (Å²) in [5.41, 5.74) is 6.12. The molecule has 3 unspecified atom stereocenters. The summed E-state index contributed by atoms with van der Waals surface area (Å²) in [5.74, 6) is -2.56. The fourth-order valence-corrected chi connectivity index (χ4v) is 3.12. The number of amides is 10. The molecular formula is C20H27N9O11. The molecule has 12 N–H and O–H groups in total. The number of carbonyl (C=O) groups is 7. The van der Waals surface area contributed by atoms with Crippen LogP contribution in [0.25, 0.3) is 0 Å². The number of nitrogens with zero attached hydrogens (tertiary/aromatic N) is 2. The lowest BCUT2D eigenvalue weighted by Gasteiger charge is -2.21. The molecule has 0 radical (unpaired) electrons. The Kier molecular flexibility index (Phi) is 10.9. The number of aliphatic hydroxyl groups excluding tert-OH is 2. The van der Waals surface area contributed by atoms with Gasteiger partial charge in [-0.3, -0.25) is 34.8 Å². The van der Waals surface area contributed by atoms with Crippen molar-refractivity contribution < 1.29 is 54.0 Å². The number of urea groups is 4. The van der Waals surface area contributed by atoms with Gasteiger partial charge in [-0.15, -0.1) is 0 Å². The van der Waals surface area contributed by atoms with Crippen molar-refractivity contribution >= 4 is 41.9 Å². The first-order valence-electron chi connectivity index (χ1n) is 11.2. The summed E-state index contributed by atoms with van der Waals surface area (Å²) < 4.78 is 0. The number of phenols is 1. The molecule has 0 aliphatic carbocycles. The number of benzene rings is 1. The molecule has 2 fully saturated rings. The van der Waals surface area contributed by atoms with E-state index in [2.05, 4.69) is 21.3 Å². The van der Waals surface area contributed by atoms with Gasteiger partial charge in [0.05, 0.1) is 6.67 Å². The smallest absolute Gasteiger partial charge is 0.328 e. The molecule has 0 spiro atoms. The van der Waals surface area contributed by atoms with E-state index in [1.807, 2.05) is 10.6 Å². The SMILES string of the molecule is NC(Cc1ccc(O)cc1)C(=O)O.O=C(NCNC(=O)NC1C(=O)NC(=O)N1CO)NC1C(=O)NC(=O)N1CO. The zero-order chi connectivity index (χ0) is 30.0. The summed E-state index contributed by atoms with van der Waals surface area (Å²) in [7, 11) is 0. The fourth-order valence-electron chi connectivity index (χ4n) is 3.12. The minimum atomic E-state index is -1.43. The molecular weight excluding hydrogens is 542 g/mol. The van der Waals surface area contributed by atoms with E-state index in [1.165, 1.54) is 12.1 Å². The first kappa shape index (κ1) is 31.0. The van der Waals surface area contributed by atoms with Gasteiger partial charge in [0.2, 0.25) is 0 Å². The topological polar surface area (TPSA) is 305 Å². The Morgan fingerprint density at radius 1 is 0.850 bits per heavy atom. The van der Waals surface area contributed by atoms with Gasteiger partial charge < -0.3 is 47.4 Å². The third kappa shape index (κ3) is 8.41. The highest BCUT2D eigenvalue weighted by Gasteiger charge is 2.40. The molecule has 3 atom stereocenters. The first-order chi connectivity index (χ1) is 18.9. The van der Waals surface area contributed by atoms with Gasteiger partial charge in [0.1, 0.15) is 25.3 Å². The molecule has 2 heterocycles. The Labute approximate surface area is 224 Å². The van der Waals surface area contributed by atoms with Gasteiger partial charge in [-0.1, -0.05) is 12.1 Å². The maximum absolute atomic E-state index is 11.7. The molecule has 10 amide bonds. The summed E-state index contributed by atoms with van der Waals surface area (Å²) >= 11 is 0. The summed E-state index contributed by atoms with van der Waals surface area (Å²) in [5, 5.41) is 47.7. The number of hydrogen-bond acceptors (Lipinski definition) is 11. The van der Waals surface area contributed by atoms with Crippen molar-refractivity contribution in [3.8, 4) is 5.75 Å². The van der Waals surface area contributed by atoms with Crippen molar-refractivity contribution in [2.45, 2.75) is 24.8 Å². The minimum Gasteiger partial charge on any atom is -0.508 e. The molecule has 3 rings (SSSR count). The number of aliphatic hydroxyl groups is 2. The third-order valence-electron chi connectivity index (χ3n) is 5.15. The van der Waals surface area contributed by atoms with E-state index >= 15 is 0 Å². The van der Waals surface area contributed by atoms with E-state index in [-0.39, 0.29) is 12.2 Å². The van der Waals surface area contributed by atoms with E-state index in [0.717, 1.165) is 5.56 Å². The van der Waals surface area contributed by atoms with E-state index in [0.29, 0.717) is 9.80 Å². The van der Waals surface area contributed by atoms with E-state index in [9.17, 15) is 33.6 Å². The summed E-state index contributed by atoms with van der Waals surface area (Å²) in [6, 6.07) is 1.75. The molecule has 40 heavy (non-hydrogen) atoms. The Balaban J connectivity index is 0.000000360. The van der Waals surface area contributed by atoms with Crippen LogP contribution in [0.5, 0.6) is 5.75 Å². The molecule has 20 nitrogen and oxygen atoms in total. The standard InChI is InChI=1S/C11H16N8O8.C9H11NO3/c20-2-18-4(6(22)16-10(18)26)14-8(24)12-1-13-9(25)15-5-7(23)17-11(27)19(5)3-21;10-8(9(12)13)5-6-1-3-7(11)4-2-6/h4-5,20-21H,1-3H2,(H2,12,14,24)(H2,13,15,25)(H,16,22,26)(H,17,23,27);1-4,8,11H,5,10H2,(H,12,13). The van der Waals surface area contributed by atoms with Gasteiger partial charge >= 0.3 is 30.1 Å². The van der Waals surface area contributed by atoms with Crippen molar-refractivity contribution in [2.75, 3.05) is 20.1 Å². The molecule has 20 heteroatoms. The van der Waals surface area contributed by atoms with Crippen LogP contribution in [-0.4, -0.2) is 111 Å². The number of carboxylic acid groups (broad SMARTS) is 1. The molecule has 0 bridgehead atoms. The van der Waals surface area contributed by atoms with Crippen LogP contribution < -0.4 is 37.6 Å². The Morgan fingerprint density at radius 3 is 1.65 bits per heavy atom. The highest BCUT2D eigenvalue weighted by atomic mass is 16.4. The predicted octanol–water partition coefficient (Wildman–Crippen LogP) is -4.46. The number of carboxylic acids is 1. The van der Waals surface area contributed by atoms with Crippen LogP contribution in [0.2, 0.25) is 0 Å². The lowest BCUT2D eigenvalue weighted by atomic mass is 10.1. The Morgan fingerprint density at radius 2 is 1.27 bits per heavy atom. The average molecular weight is 569 g/mol. The summed E-state index contributed by atoms with van der Waals surface area (Å²) in [6.07, 6.45) is -2.58. The van der Waals surface area contributed by atoms with E-state index < -0.39 is 80.4 Å². The highest BCUT2D eigenvalue weighted by molar-refractivity contribution is 6.05. The van der Waals surface area contributed by atoms with Crippen molar-refractivity contribution in [3.05, 3.63) is 29.8 Å². The van der Waals surface area contributed by atoms with Gasteiger partial charge in [0.15, 0.2) is 12.3 Å². The molecule has 2 aliphatic heterocycles. The molecule has 1 aromatic carbocycles. The largest absolute Gasteiger partial charge is 0.508 e. The first-order valence-corrected chi connectivity index (χ1v) is 11.2. The van der Waals surface area contributed by atoms with Gasteiger partial charge in [0, 0.05) is 0 Å². The lowest BCUT2D eigenvalue weighted by molar-refractivity contribution is -0.138. The number of nitrogens with two attached hydrogens (primary N) is 1. The van der Waals surface area contributed by atoms with Crippen LogP contribution in [0.3, 0.4) is 0 Å². The number of imide groups is 2. The Hall–Kier alpha value is -5.21. The van der Waals surface area contributed by atoms with Gasteiger partial charge in [0.25, 0.3) is 11.8 Å². The van der Waals surface area contributed by atoms with Gasteiger partial charge in [-0.2, -0.15) is 0 Å². The third-order valence-corrected chi connectivity index (χ3v) is 5.15. The van der Waals surface area contributed by atoms with E-state index in [1.54, 1.807) is 12.1 Å². The molecule has 2 aliphatic rings. The Bertz CT molecular complexity index is 1090. The maximum atomic E-state index is 11.7. The zero-order valence-electron chi connectivity index (χ0n) is 20.5. The van der Waals surface area contributed by atoms with Crippen LogP contribution in [0, 0.1) is 0 Å². The van der Waals surface area contributed by atoms with Crippen LogP contribution in [0.4, 0.5) is 19.2 Å². The second-order valence-corrected chi connectivity index (χ2v) is 7.91. The van der Waals surface area contributed by atoms with Crippen LogP contribution >= 0.6 is 0 Å². The van der Waals surface area contributed by atoms with Crippen molar-refractivity contribution in [3.63, 3.8) is 0 Å². The minimum absolute atomic E-state index is 0.160. The second-order valence-electron chi connectivity index (χ2n) is 7.91. The van der Waals surface area contributed by atoms with Crippen molar-refractivity contribution in [1.82, 2.24) is 41.7 Å². The number of carbonyl (C=O) groups excluding carboxylic acids is 6. The summed E-state index contributed by atoms with van der Waals surface area (Å²) in [4.78, 5) is 80.6. The van der Waals surface area contributed by atoms with Crippen molar-refractivity contribution in [2.24, 2.45) is 5.73 Å². The molecule has 1 aromatic rings. The van der Waals surface area contributed by atoms with Crippen molar-refractivity contribution in [1.29, 1.82) is 0 Å². The molecule has 0 saturated carbocycles. The van der Waals surface area contributed by atoms with Gasteiger partial charge in [-0.05, 0) is 24.1 Å². The number of phenolic OH excluding ortho intramolecular Hbond substituents is 1. The average Bonchev–Trinajstić information content (AvgIpc) is 3.32.